The van der Waals surface area contributed by atoms with Crippen LogP contribution in [0.15, 0.2) is 11.4 Å². The molecule has 2 heterocycles. The molecule has 17 heavy (non-hydrogen) atoms. The van der Waals surface area contributed by atoms with Crippen molar-refractivity contribution in [2.45, 2.75) is 20.4 Å². The zero-order chi connectivity index (χ0) is 12.6. The van der Waals surface area contributed by atoms with E-state index < -0.39 is 5.97 Å². The first kappa shape index (κ1) is 12.1. The van der Waals surface area contributed by atoms with Gasteiger partial charge in [0.1, 0.15) is 4.88 Å². The van der Waals surface area contributed by atoms with Gasteiger partial charge in [0.15, 0.2) is 0 Å². The Morgan fingerprint density at radius 1 is 1.59 bits per heavy atom. The lowest BCUT2D eigenvalue weighted by atomic mass is 10.3. The number of thiophene rings is 1. The van der Waals surface area contributed by atoms with Crippen molar-refractivity contribution in [3.05, 3.63) is 38.3 Å². The van der Waals surface area contributed by atoms with E-state index in [1.165, 1.54) is 11.3 Å². The number of hydrogen-bond donors (Lipinski definition) is 1. The van der Waals surface area contributed by atoms with E-state index in [4.69, 9.17) is 16.7 Å². The van der Waals surface area contributed by atoms with Crippen LogP contribution in [0.3, 0.4) is 0 Å². The number of hydrogen-bond acceptors (Lipinski definition) is 3. The summed E-state index contributed by atoms with van der Waals surface area (Å²) in [6.45, 7) is 4.29. The molecule has 0 atom stereocenters. The highest BCUT2D eigenvalue weighted by Crippen LogP contribution is 2.21. The maximum atomic E-state index is 10.8. The van der Waals surface area contributed by atoms with Gasteiger partial charge in [-0.2, -0.15) is 5.10 Å². The number of carbonyl (C=O) groups is 1. The Balaban J connectivity index is 2.25. The molecule has 0 aliphatic rings. The van der Waals surface area contributed by atoms with Gasteiger partial charge in [0, 0.05) is 0 Å². The minimum atomic E-state index is -0.896. The van der Waals surface area contributed by atoms with Crippen molar-refractivity contribution in [1.29, 1.82) is 0 Å². The first-order valence-electron chi connectivity index (χ1n) is 4.99. The van der Waals surface area contributed by atoms with Crippen molar-refractivity contribution >= 4 is 28.9 Å². The third kappa shape index (κ3) is 2.35. The molecule has 0 fully saturated rings. The zero-order valence-corrected chi connectivity index (χ0v) is 11.0. The van der Waals surface area contributed by atoms with Crippen LogP contribution in [-0.2, 0) is 6.54 Å². The first-order valence-corrected chi connectivity index (χ1v) is 6.25. The Morgan fingerprint density at radius 3 is 2.76 bits per heavy atom. The standard InChI is InChI=1S/C11H11ClN2O2S/c1-6-10(12)7(2)14(13-6)4-8-3-9(11(15)16)17-5-8/h3,5H,4H2,1-2H3,(H,15,16). The van der Waals surface area contributed by atoms with Crippen LogP contribution in [-0.4, -0.2) is 20.9 Å². The van der Waals surface area contributed by atoms with Gasteiger partial charge in [-0.1, -0.05) is 11.6 Å². The molecule has 0 aliphatic heterocycles. The lowest BCUT2D eigenvalue weighted by molar-refractivity contribution is 0.0702. The Kier molecular flexibility index (Phi) is 3.22. The Morgan fingerprint density at radius 2 is 2.29 bits per heavy atom. The number of halogens is 1. The molecule has 0 unspecified atom stereocenters. The number of carboxylic acid groups (broad SMARTS) is 1. The third-order valence-corrected chi connectivity index (χ3v) is 4.00. The van der Waals surface area contributed by atoms with Crippen LogP contribution in [0.25, 0.3) is 0 Å². The van der Waals surface area contributed by atoms with Crippen molar-refractivity contribution in [2.75, 3.05) is 0 Å². The Hall–Kier alpha value is -1.33. The molecule has 1 N–H and O–H groups in total. The maximum absolute atomic E-state index is 10.8. The van der Waals surface area contributed by atoms with Gasteiger partial charge < -0.3 is 5.11 Å². The lowest BCUT2D eigenvalue weighted by Gasteiger charge is -2.01. The van der Waals surface area contributed by atoms with Gasteiger partial charge in [0.2, 0.25) is 0 Å². The van der Waals surface area contributed by atoms with E-state index in [1.807, 2.05) is 19.2 Å². The largest absolute Gasteiger partial charge is 0.477 e. The van der Waals surface area contributed by atoms with Crippen molar-refractivity contribution in [1.82, 2.24) is 9.78 Å². The normalized spacial score (nSPS) is 10.8. The lowest BCUT2D eigenvalue weighted by Crippen LogP contribution is -2.03. The first-order chi connectivity index (χ1) is 7.99. The van der Waals surface area contributed by atoms with Gasteiger partial charge in [-0.25, -0.2) is 4.79 Å². The molecular formula is C11H11ClN2O2S. The topological polar surface area (TPSA) is 55.1 Å². The zero-order valence-electron chi connectivity index (χ0n) is 9.40. The van der Waals surface area contributed by atoms with Crippen LogP contribution in [0, 0.1) is 13.8 Å². The van der Waals surface area contributed by atoms with E-state index >= 15 is 0 Å². The third-order valence-electron chi connectivity index (χ3n) is 2.49. The molecule has 4 nitrogen and oxygen atoms in total. The van der Waals surface area contributed by atoms with Crippen LogP contribution in [0.5, 0.6) is 0 Å². The quantitative estimate of drug-likeness (QED) is 0.933. The number of aromatic nitrogens is 2. The van der Waals surface area contributed by atoms with E-state index in [-0.39, 0.29) is 0 Å². The minimum absolute atomic E-state index is 0.340. The summed E-state index contributed by atoms with van der Waals surface area (Å²) in [6.07, 6.45) is 0. The summed E-state index contributed by atoms with van der Waals surface area (Å²) in [4.78, 5) is 11.1. The summed E-state index contributed by atoms with van der Waals surface area (Å²) in [7, 11) is 0. The predicted molar refractivity (Wildman–Crippen MR) is 67.1 cm³/mol. The van der Waals surface area contributed by atoms with Crippen molar-refractivity contribution in [2.24, 2.45) is 0 Å². The smallest absolute Gasteiger partial charge is 0.345 e. The van der Waals surface area contributed by atoms with Gasteiger partial charge in [0.05, 0.1) is 23.0 Å². The van der Waals surface area contributed by atoms with E-state index in [9.17, 15) is 4.79 Å². The molecule has 0 saturated heterocycles. The Bertz CT molecular complexity index is 574. The van der Waals surface area contributed by atoms with Crippen molar-refractivity contribution < 1.29 is 9.90 Å². The van der Waals surface area contributed by atoms with Crippen molar-refractivity contribution in [3.8, 4) is 0 Å². The molecule has 0 radical (unpaired) electrons. The number of carboxylic acids is 1. The number of nitrogens with zero attached hydrogens (tertiary/aromatic N) is 2. The van der Waals surface area contributed by atoms with Gasteiger partial charge in [-0.05, 0) is 30.9 Å². The number of aromatic carboxylic acids is 1. The monoisotopic (exact) mass is 270 g/mol. The fraction of sp³-hybridized carbons (Fsp3) is 0.273. The highest BCUT2D eigenvalue weighted by atomic mass is 35.5. The van der Waals surface area contributed by atoms with E-state index in [1.54, 1.807) is 10.7 Å². The molecule has 2 aromatic rings. The summed E-state index contributed by atoms with van der Waals surface area (Å²) in [5.74, 6) is -0.896. The molecule has 0 aromatic carbocycles. The molecule has 90 valence electrons. The van der Waals surface area contributed by atoms with Crippen LogP contribution in [0.4, 0.5) is 0 Å². The minimum Gasteiger partial charge on any atom is -0.477 e. The molecular weight excluding hydrogens is 260 g/mol. The average molecular weight is 271 g/mol. The summed E-state index contributed by atoms with van der Waals surface area (Å²) >= 11 is 7.27. The number of aryl methyl sites for hydroxylation is 1. The molecule has 6 heteroatoms. The van der Waals surface area contributed by atoms with Gasteiger partial charge in [-0.3, -0.25) is 4.68 Å². The van der Waals surface area contributed by atoms with Gasteiger partial charge in [0.25, 0.3) is 0 Å². The maximum Gasteiger partial charge on any atom is 0.345 e. The van der Waals surface area contributed by atoms with E-state index in [0.29, 0.717) is 16.4 Å². The summed E-state index contributed by atoms with van der Waals surface area (Å²) < 4.78 is 1.78. The fourth-order valence-corrected chi connectivity index (χ4v) is 2.45. The van der Waals surface area contributed by atoms with E-state index in [2.05, 4.69) is 5.10 Å². The molecule has 0 aliphatic carbocycles. The van der Waals surface area contributed by atoms with Gasteiger partial charge in [-0.15, -0.1) is 11.3 Å². The molecule has 2 rings (SSSR count). The molecule has 0 saturated carbocycles. The SMILES string of the molecule is Cc1nn(Cc2csc(C(=O)O)c2)c(C)c1Cl. The molecule has 0 bridgehead atoms. The second-order valence-electron chi connectivity index (χ2n) is 3.77. The average Bonchev–Trinajstić information content (AvgIpc) is 2.82. The summed E-state index contributed by atoms with van der Waals surface area (Å²) in [5, 5.41) is 15.6. The van der Waals surface area contributed by atoms with Crippen LogP contribution >= 0.6 is 22.9 Å². The van der Waals surface area contributed by atoms with Crippen LogP contribution in [0.2, 0.25) is 5.02 Å². The second kappa shape index (κ2) is 4.50. The number of rotatable bonds is 3. The molecule has 0 amide bonds. The molecule has 0 spiro atoms. The van der Waals surface area contributed by atoms with Gasteiger partial charge >= 0.3 is 5.97 Å². The van der Waals surface area contributed by atoms with Crippen LogP contribution < -0.4 is 0 Å². The predicted octanol–water partition coefficient (Wildman–Crippen LogP) is 2.96. The highest BCUT2D eigenvalue weighted by molar-refractivity contribution is 7.12. The fourth-order valence-electron chi connectivity index (χ4n) is 1.57. The van der Waals surface area contributed by atoms with E-state index in [0.717, 1.165) is 17.0 Å². The highest BCUT2D eigenvalue weighted by Gasteiger charge is 2.11. The van der Waals surface area contributed by atoms with Crippen LogP contribution in [0.1, 0.15) is 26.6 Å². The van der Waals surface area contributed by atoms with Crippen molar-refractivity contribution in [3.63, 3.8) is 0 Å². The molecule has 2 aromatic heterocycles. The summed E-state index contributed by atoms with van der Waals surface area (Å²) in [5.41, 5.74) is 2.61. The second-order valence-corrected chi connectivity index (χ2v) is 5.06. The summed E-state index contributed by atoms with van der Waals surface area (Å²) in [6, 6.07) is 1.66. The Labute approximate surface area is 107 Å².